The van der Waals surface area contributed by atoms with Gasteiger partial charge in [0.1, 0.15) is 36.1 Å². The number of hydrogen-bond acceptors (Lipinski definition) is 13. The second-order valence-electron chi connectivity index (χ2n) is 11.7. The lowest BCUT2D eigenvalue weighted by atomic mass is 10.1. The molecule has 0 unspecified atom stereocenters. The number of rotatable bonds is 12. The standard InChI is InChI=1S/C22H17N3O5.C18H14Cl2N6O2/c1-27-13-17(22(26)28-2)16-8-4-6-10-19(16)30-21-11-20(24-14-25-21)29-18-9-5-3-7-15(18)12-23;1-24-18(27)26(23-22-24)16-4-2-3-15(20)14(16)11-28-17-9-10-25(21-17)13-7-5-12(19)6-8-13/h3-11,13-14H,1-2H3;2-10H,11H2,1H3/b17-13+;. The molecule has 18 heteroatoms. The van der Waals surface area contributed by atoms with Gasteiger partial charge in [-0.2, -0.15) is 14.6 Å². The number of tetrazole rings is 1. The highest BCUT2D eigenvalue weighted by Crippen LogP contribution is 2.32. The van der Waals surface area contributed by atoms with E-state index in [4.69, 9.17) is 46.9 Å². The van der Waals surface area contributed by atoms with Crippen LogP contribution in [0.2, 0.25) is 10.0 Å². The number of esters is 1. The molecule has 0 spiro atoms. The zero-order valence-electron chi connectivity index (χ0n) is 30.9. The Labute approximate surface area is 340 Å². The molecule has 0 atom stereocenters. The van der Waals surface area contributed by atoms with Gasteiger partial charge in [-0.15, -0.1) is 5.10 Å². The van der Waals surface area contributed by atoms with Crippen molar-refractivity contribution in [3.63, 3.8) is 0 Å². The molecule has 0 fully saturated rings. The van der Waals surface area contributed by atoms with Gasteiger partial charge in [-0.3, -0.25) is 0 Å². The van der Waals surface area contributed by atoms with Crippen LogP contribution in [-0.2, 0) is 27.9 Å². The highest BCUT2D eigenvalue weighted by atomic mass is 35.5. The zero-order chi connectivity index (χ0) is 41.0. The molecule has 58 heavy (non-hydrogen) atoms. The van der Waals surface area contributed by atoms with Crippen LogP contribution < -0.4 is 19.9 Å². The van der Waals surface area contributed by atoms with Crippen molar-refractivity contribution in [3.8, 4) is 46.6 Å². The van der Waals surface area contributed by atoms with Gasteiger partial charge in [-0.25, -0.2) is 24.2 Å². The summed E-state index contributed by atoms with van der Waals surface area (Å²) in [4.78, 5) is 32.4. The van der Waals surface area contributed by atoms with Crippen molar-refractivity contribution in [2.24, 2.45) is 7.05 Å². The number of methoxy groups -OCH3 is 2. The van der Waals surface area contributed by atoms with E-state index in [1.54, 1.807) is 95.8 Å². The minimum atomic E-state index is -0.576. The van der Waals surface area contributed by atoms with E-state index >= 15 is 0 Å². The van der Waals surface area contributed by atoms with Gasteiger partial charge < -0.3 is 23.7 Å². The van der Waals surface area contributed by atoms with Crippen LogP contribution in [-0.4, -0.2) is 59.7 Å². The third-order valence-electron chi connectivity index (χ3n) is 7.94. The SMILES string of the molecule is CO/C=C(/C(=O)OC)c1ccccc1Oc1cc(Oc2ccccc2C#N)ncn1.Cn1nnn(-c2cccc(Cl)c2COc2ccn(-c3ccc(Cl)cc3)n2)c1=O. The lowest BCUT2D eigenvalue weighted by Gasteiger charge is -2.12. The minimum absolute atomic E-state index is 0.107. The Hall–Kier alpha value is -7.48. The number of halogens is 2. The number of aryl methyl sites for hydroxylation is 1. The van der Waals surface area contributed by atoms with Gasteiger partial charge in [-0.05, 0) is 65.0 Å². The molecule has 0 radical (unpaired) electrons. The molecule has 7 rings (SSSR count). The van der Waals surface area contributed by atoms with Crippen LogP contribution >= 0.6 is 23.2 Å². The quantitative estimate of drug-likeness (QED) is 0.0690. The molecule has 292 valence electrons. The van der Waals surface area contributed by atoms with Crippen molar-refractivity contribution in [2.45, 2.75) is 6.61 Å². The van der Waals surface area contributed by atoms with Crippen LogP contribution in [0.3, 0.4) is 0 Å². The van der Waals surface area contributed by atoms with Crippen LogP contribution in [0.15, 0.2) is 127 Å². The second kappa shape index (κ2) is 18.9. The van der Waals surface area contributed by atoms with Gasteiger partial charge in [-0.1, -0.05) is 59.6 Å². The molecule has 0 saturated carbocycles. The summed E-state index contributed by atoms with van der Waals surface area (Å²) in [5.41, 5.74) is 2.59. The van der Waals surface area contributed by atoms with Crippen molar-refractivity contribution in [3.05, 3.63) is 159 Å². The first kappa shape index (κ1) is 40.2. The van der Waals surface area contributed by atoms with Crippen LogP contribution in [0, 0.1) is 11.3 Å². The molecule has 3 heterocycles. The Balaban J connectivity index is 0.000000196. The molecule has 0 aliphatic heterocycles. The largest absolute Gasteiger partial charge is 0.503 e. The Morgan fingerprint density at radius 3 is 2.24 bits per heavy atom. The molecule has 0 aliphatic carbocycles. The average molecular weight is 821 g/mol. The number of carbonyl (C=O) groups excluding carboxylic acids is 1. The fourth-order valence-corrected chi connectivity index (χ4v) is 5.51. The smallest absolute Gasteiger partial charge is 0.368 e. The Morgan fingerprint density at radius 2 is 1.55 bits per heavy atom. The highest BCUT2D eigenvalue weighted by molar-refractivity contribution is 6.31. The Bertz CT molecular complexity index is 2670. The number of benzene rings is 4. The Morgan fingerprint density at radius 1 is 0.845 bits per heavy atom. The summed E-state index contributed by atoms with van der Waals surface area (Å²) in [6, 6.07) is 31.4. The normalized spacial score (nSPS) is 10.8. The van der Waals surface area contributed by atoms with Crippen molar-refractivity contribution >= 4 is 34.7 Å². The molecule has 16 nitrogen and oxygen atoms in total. The van der Waals surface area contributed by atoms with Crippen molar-refractivity contribution in [1.82, 2.24) is 39.5 Å². The maximum absolute atomic E-state index is 12.2. The molecule has 0 aliphatic rings. The first-order valence-electron chi connectivity index (χ1n) is 17.0. The number of para-hydroxylation sites is 2. The monoisotopic (exact) mass is 819 g/mol. The van der Waals surface area contributed by atoms with E-state index in [0.29, 0.717) is 49.8 Å². The number of aromatic nitrogens is 8. The summed E-state index contributed by atoms with van der Waals surface area (Å²) < 4.78 is 31.2. The van der Waals surface area contributed by atoms with Gasteiger partial charge in [0.25, 0.3) is 0 Å². The average Bonchev–Trinajstić information content (AvgIpc) is 3.85. The maximum Gasteiger partial charge on any atom is 0.368 e. The van der Waals surface area contributed by atoms with E-state index in [1.807, 2.05) is 12.1 Å². The zero-order valence-corrected chi connectivity index (χ0v) is 32.4. The minimum Gasteiger partial charge on any atom is -0.503 e. The van der Waals surface area contributed by atoms with Crippen LogP contribution in [0.4, 0.5) is 0 Å². The van der Waals surface area contributed by atoms with Crippen molar-refractivity contribution in [1.29, 1.82) is 5.26 Å². The van der Waals surface area contributed by atoms with E-state index in [9.17, 15) is 14.9 Å². The fourth-order valence-electron chi connectivity index (χ4n) is 5.16. The predicted molar refractivity (Wildman–Crippen MR) is 211 cm³/mol. The topological polar surface area (TPSA) is 183 Å². The van der Waals surface area contributed by atoms with E-state index in [2.05, 4.69) is 31.6 Å². The molecule has 0 N–H and O–H groups in total. The molecule has 0 amide bonds. The van der Waals surface area contributed by atoms with Gasteiger partial charge >= 0.3 is 11.7 Å². The van der Waals surface area contributed by atoms with Crippen LogP contribution in [0.5, 0.6) is 29.1 Å². The van der Waals surface area contributed by atoms with Gasteiger partial charge in [0.2, 0.25) is 17.6 Å². The van der Waals surface area contributed by atoms with Crippen molar-refractivity contribution < 1.29 is 28.5 Å². The third kappa shape index (κ3) is 9.66. The molecule has 4 aromatic carbocycles. The first-order valence-corrected chi connectivity index (χ1v) is 17.7. The summed E-state index contributed by atoms with van der Waals surface area (Å²) in [6.07, 6.45) is 4.33. The fraction of sp³-hybridized carbons (Fsp3) is 0.100. The van der Waals surface area contributed by atoms with Gasteiger partial charge in [0, 0.05) is 40.5 Å². The molecule has 0 bridgehead atoms. The lowest BCUT2D eigenvalue weighted by Crippen LogP contribution is -2.23. The summed E-state index contributed by atoms with van der Waals surface area (Å²) >= 11 is 12.2. The van der Waals surface area contributed by atoms with E-state index in [0.717, 1.165) is 10.4 Å². The van der Waals surface area contributed by atoms with Crippen molar-refractivity contribution in [2.75, 3.05) is 14.2 Å². The molecule has 7 aromatic rings. The Kier molecular flexibility index (Phi) is 13.1. The lowest BCUT2D eigenvalue weighted by molar-refractivity contribution is -0.133. The van der Waals surface area contributed by atoms with E-state index in [-0.39, 0.29) is 29.6 Å². The first-order chi connectivity index (χ1) is 28.2. The summed E-state index contributed by atoms with van der Waals surface area (Å²) in [5.74, 6) is 0.929. The highest BCUT2D eigenvalue weighted by Gasteiger charge is 2.19. The van der Waals surface area contributed by atoms with Crippen LogP contribution in [0.1, 0.15) is 16.7 Å². The van der Waals surface area contributed by atoms with E-state index < -0.39 is 5.97 Å². The summed E-state index contributed by atoms with van der Waals surface area (Å²) in [5, 5.41) is 22.3. The number of carbonyl (C=O) groups is 1. The number of nitriles is 1. The molecule has 3 aromatic heterocycles. The predicted octanol–water partition coefficient (Wildman–Crippen LogP) is 7.13. The van der Waals surface area contributed by atoms with Gasteiger partial charge in [0.05, 0.1) is 43.5 Å². The summed E-state index contributed by atoms with van der Waals surface area (Å²) in [7, 11) is 4.23. The third-order valence-corrected chi connectivity index (χ3v) is 8.54. The molecular formula is C40H31Cl2N9O7. The summed E-state index contributed by atoms with van der Waals surface area (Å²) in [6.45, 7) is 0.107. The second-order valence-corrected chi connectivity index (χ2v) is 12.5. The number of ether oxygens (including phenoxy) is 5. The number of nitrogens with zero attached hydrogens (tertiary/aromatic N) is 9. The van der Waals surface area contributed by atoms with Gasteiger partial charge in [0.15, 0.2) is 0 Å². The van der Waals surface area contributed by atoms with E-state index in [1.165, 1.54) is 44.6 Å². The number of hydrogen-bond donors (Lipinski definition) is 0. The van der Waals surface area contributed by atoms with Crippen LogP contribution in [0.25, 0.3) is 16.9 Å². The molecule has 0 saturated heterocycles. The molecular weight excluding hydrogens is 789 g/mol. The maximum atomic E-state index is 12.2.